The van der Waals surface area contributed by atoms with Gasteiger partial charge >= 0.3 is 0 Å². The number of amides is 1. The fourth-order valence-electron chi connectivity index (χ4n) is 3.32. The second-order valence-electron chi connectivity index (χ2n) is 6.47. The lowest BCUT2D eigenvalue weighted by Gasteiger charge is -2.29. The molecule has 1 aliphatic heterocycles. The Bertz CT molecular complexity index is 969. The topological polar surface area (TPSA) is 42.4 Å². The number of anilines is 1. The number of methoxy groups -OCH3 is 1. The summed E-state index contributed by atoms with van der Waals surface area (Å²) in [7, 11) is 1.65. The number of nitrogens with zero attached hydrogens (tertiary/aromatic N) is 2. The Morgan fingerprint density at radius 2 is 2.07 bits per heavy atom. The number of thiazole rings is 1. The molecule has 0 aliphatic carbocycles. The maximum Gasteiger partial charge on any atom is 0.233 e. The summed E-state index contributed by atoms with van der Waals surface area (Å²) in [4.78, 5) is 19.3. The number of carbonyl (C=O) groups is 1. The molecule has 138 valence electrons. The molecule has 2 heterocycles. The number of hydrogen-bond donors (Lipinski definition) is 0. The Balaban J connectivity index is 1.51. The Morgan fingerprint density at radius 3 is 2.85 bits per heavy atom. The van der Waals surface area contributed by atoms with E-state index in [1.54, 1.807) is 19.2 Å². The molecule has 0 saturated carbocycles. The van der Waals surface area contributed by atoms with E-state index >= 15 is 0 Å². The van der Waals surface area contributed by atoms with Crippen molar-refractivity contribution in [3.05, 3.63) is 64.9 Å². The van der Waals surface area contributed by atoms with E-state index in [0.717, 1.165) is 46.1 Å². The fourth-order valence-corrected chi connectivity index (χ4v) is 4.15. The first-order valence-corrected chi connectivity index (χ1v) is 9.69. The second kappa shape index (κ2) is 7.48. The molecule has 0 atom stereocenters. The van der Waals surface area contributed by atoms with Crippen LogP contribution in [0.4, 0.5) is 10.1 Å². The van der Waals surface area contributed by atoms with Crippen molar-refractivity contribution in [2.24, 2.45) is 0 Å². The molecule has 4 nitrogen and oxygen atoms in total. The van der Waals surface area contributed by atoms with Gasteiger partial charge in [-0.3, -0.25) is 4.79 Å². The highest BCUT2D eigenvalue weighted by molar-refractivity contribution is 7.13. The van der Waals surface area contributed by atoms with E-state index in [2.05, 4.69) is 4.98 Å². The molecule has 1 aromatic heterocycles. The van der Waals surface area contributed by atoms with Gasteiger partial charge in [0.2, 0.25) is 5.91 Å². The van der Waals surface area contributed by atoms with Crippen molar-refractivity contribution in [3.63, 3.8) is 0 Å². The highest BCUT2D eigenvalue weighted by atomic mass is 32.1. The number of hydrogen-bond acceptors (Lipinski definition) is 4. The van der Waals surface area contributed by atoms with E-state index in [-0.39, 0.29) is 18.1 Å². The van der Waals surface area contributed by atoms with Crippen LogP contribution in [0.5, 0.6) is 5.75 Å². The molecular formula is C21H19FN2O2S. The number of aromatic nitrogens is 1. The van der Waals surface area contributed by atoms with Crippen LogP contribution in [0.15, 0.2) is 47.8 Å². The van der Waals surface area contributed by atoms with Crippen LogP contribution in [0.25, 0.3) is 10.6 Å². The van der Waals surface area contributed by atoms with Crippen molar-refractivity contribution in [1.29, 1.82) is 0 Å². The van der Waals surface area contributed by atoms with Gasteiger partial charge in [-0.15, -0.1) is 11.3 Å². The minimum absolute atomic E-state index is 0.0390. The Labute approximate surface area is 161 Å². The summed E-state index contributed by atoms with van der Waals surface area (Å²) in [6, 6.07) is 12.1. The van der Waals surface area contributed by atoms with Crippen molar-refractivity contribution >= 4 is 22.9 Å². The number of carbonyl (C=O) groups excluding carboxylic acids is 1. The molecule has 0 fully saturated rings. The predicted molar refractivity (Wildman–Crippen MR) is 105 cm³/mol. The van der Waals surface area contributed by atoms with Crippen LogP contribution in [0.2, 0.25) is 0 Å². The number of ether oxygens (including phenoxy) is 1. The maximum atomic E-state index is 13.1. The van der Waals surface area contributed by atoms with Crippen LogP contribution in [0.1, 0.15) is 17.7 Å². The molecule has 4 rings (SSSR count). The quantitative estimate of drug-likeness (QED) is 0.668. The van der Waals surface area contributed by atoms with E-state index in [4.69, 9.17) is 4.74 Å². The third kappa shape index (κ3) is 3.71. The molecule has 27 heavy (non-hydrogen) atoms. The number of fused-ring (bicyclic) bond motifs is 1. The molecule has 0 unspecified atom stereocenters. The first kappa shape index (κ1) is 17.7. The molecule has 6 heteroatoms. The standard InChI is InChI=1S/C21H19FN2O2S/c1-26-18-8-9-19-15(11-18)3-2-10-24(19)20(25)12-17-13-27-21(23-17)14-4-6-16(22)7-5-14/h4-9,11,13H,2-3,10,12H2,1H3. The molecular weight excluding hydrogens is 363 g/mol. The monoisotopic (exact) mass is 382 g/mol. The molecule has 0 bridgehead atoms. The van der Waals surface area contributed by atoms with E-state index in [1.165, 1.54) is 23.5 Å². The lowest BCUT2D eigenvalue weighted by atomic mass is 10.0. The van der Waals surface area contributed by atoms with E-state index in [0.29, 0.717) is 6.54 Å². The average Bonchev–Trinajstić information content (AvgIpc) is 3.16. The number of rotatable bonds is 4. The summed E-state index contributed by atoms with van der Waals surface area (Å²) < 4.78 is 18.4. The van der Waals surface area contributed by atoms with Crippen molar-refractivity contribution in [1.82, 2.24) is 4.98 Å². The third-order valence-corrected chi connectivity index (χ3v) is 5.62. The summed E-state index contributed by atoms with van der Waals surface area (Å²) >= 11 is 1.47. The van der Waals surface area contributed by atoms with Crippen LogP contribution < -0.4 is 9.64 Å². The van der Waals surface area contributed by atoms with Crippen molar-refractivity contribution in [2.75, 3.05) is 18.6 Å². The number of benzene rings is 2. The van der Waals surface area contributed by atoms with Crippen LogP contribution in [0.3, 0.4) is 0 Å². The molecule has 0 N–H and O–H groups in total. The van der Waals surface area contributed by atoms with Crippen LogP contribution >= 0.6 is 11.3 Å². The lowest BCUT2D eigenvalue weighted by Crippen LogP contribution is -2.36. The molecule has 1 amide bonds. The lowest BCUT2D eigenvalue weighted by molar-refractivity contribution is -0.118. The van der Waals surface area contributed by atoms with Crippen molar-refractivity contribution < 1.29 is 13.9 Å². The van der Waals surface area contributed by atoms with E-state index in [1.807, 2.05) is 28.5 Å². The molecule has 0 radical (unpaired) electrons. The van der Waals surface area contributed by atoms with Crippen molar-refractivity contribution in [2.45, 2.75) is 19.3 Å². The second-order valence-corrected chi connectivity index (χ2v) is 7.33. The third-order valence-electron chi connectivity index (χ3n) is 4.68. The zero-order valence-electron chi connectivity index (χ0n) is 14.9. The highest BCUT2D eigenvalue weighted by Crippen LogP contribution is 2.31. The molecule has 1 aliphatic rings. The zero-order chi connectivity index (χ0) is 18.8. The molecule has 2 aromatic carbocycles. The van der Waals surface area contributed by atoms with Crippen LogP contribution in [0, 0.1) is 5.82 Å². The summed E-state index contributed by atoms with van der Waals surface area (Å²) in [5.41, 5.74) is 3.70. The van der Waals surface area contributed by atoms with Gasteiger partial charge in [-0.1, -0.05) is 0 Å². The van der Waals surface area contributed by atoms with E-state index in [9.17, 15) is 9.18 Å². The van der Waals surface area contributed by atoms with Gasteiger partial charge in [-0.25, -0.2) is 9.37 Å². The predicted octanol–water partition coefficient (Wildman–Crippen LogP) is 4.48. The summed E-state index contributed by atoms with van der Waals surface area (Å²) in [5.74, 6) is 0.578. The van der Waals surface area contributed by atoms with Gasteiger partial charge in [0, 0.05) is 23.2 Å². The minimum atomic E-state index is -0.272. The first-order chi connectivity index (χ1) is 13.1. The van der Waals surface area contributed by atoms with Crippen molar-refractivity contribution in [3.8, 4) is 16.3 Å². The van der Waals surface area contributed by atoms with Gasteiger partial charge < -0.3 is 9.64 Å². The summed E-state index contributed by atoms with van der Waals surface area (Å²) in [6.07, 6.45) is 2.13. The maximum absolute atomic E-state index is 13.1. The number of halogens is 1. The first-order valence-electron chi connectivity index (χ1n) is 8.81. The van der Waals surface area contributed by atoms with Gasteiger partial charge in [0.15, 0.2) is 0 Å². The summed E-state index contributed by atoms with van der Waals surface area (Å²) in [5, 5.41) is 2.69. The Hall–Kier alpha value is -2.73. The van der Waals surface area contributed by atoms with Gasteiger partial charge in [0.25, 0.3) is 0 Å². The van der Waals surface area contributed by atoms with Gasteiger partial charge in [-0.2, -0.15) is 0 Å². The Kier molecular flexibility index (Phi) is 4.90. The SMILES string of the molecule is COc1ccc2c(c1)CCCN2C(=O)Cc1csc(-c2ccc(F)cc2)n1. The van der Waals surface area contributed by atoms with Crippen LogP contribution in [-0.4, -0.2) is 24.5 Å². The summed E-state index contributed by atoms with van der Waals surface area (Å²) in [6.45, 7) is 0.715. The molecule has 0 spiro atoms. The van der Waals surface area contributed by atoms with E-state index < -0.39 is 0 Å². The fraction of sp³-hybridized carbons (Fsp3) is 0.238. The molecule has 0 saturated heterocycles. The minimum Gasteiger partial charge on any atom is -0.497 e. The highest BCUT2D eigenvalue weighted by Gasteiger charge is 2.23. The zero-order valence-corrected chi connectivity index (χ0v) is 15.8. The van der Waals surface area contributed by atoms with Gasteiger partial charge in [0.1, 0.15) is 16.6 Å². The Morgan fingerprint density at radius 1 is 1.26 bits per heavy atom. The molecule has 3 aromatic rings. The average molecular weight is 382 g/mol. The smallest absolute Gasteiger partial charge is 0.233 e. The normalized spacial score (nSPS) is 13.3. The van der Waals surface area contributed by atoms with Gasteiger partial charge in [-0.05, 0) is 60.9 Å². The number of aryl methyl sites for hydroxylation is 1. The largest absolute Gasteiger partial charge is 0.497 e. The van der Waals surface area contributed by atoms with Gasteiger partial charge in [0.05, 0.1) is 19.2 Å². The van der Waals surface area contributed by atoms with Crippen LogP contribution in [-0.2, 0) is 17.6 Å².